The second-order valence-electron chi connectivity index (χ2n) is 2.67. The van der Waals surface area contributed by atoms with Gasteiger partial charge in [0.2, 0.25) is 0 Å². The number of aliphatic hydroxyl groups excluding tert-OH is 1. The van der Waals surface area contributed by atoms with Crippen molar-refractivity contribution in [1.29, 1.82) is 0 Å². The molecular weight excluding hydrogens is 114 g/mol. The third kappa shape index (κ3) is 2.63. The van der Waals surface area contributed by atoms with Crippen molar-refractivity contribution in [3.05, 3.63) is 12.7 Å². The van der Waals surface area contributed by atoms with Gasteiger partial charge in [-0.2, -0.15) is 0 Å². The summed E-state index contributed by atoms with van der Waals surface area (Å²) in [5.41, 5.74) is 5.24. The van der Waals surface area contributed by atoms with E-state index in [4.69, 9.17) is 10.8 Å². The predicted octanol–water partition coefficient (Wildman–Crippen LogP) is 0.520. The quantitative estimate of drug-likeness (QED) is 0.543. The molecule has 0 aromatic rings. The van der Waals surface area contributed by atoms with Crippen LogP contribution in [0.4, 0.5) is 0 Å². The molecule has 3 N–H and O–H groups in total. The van der Waals surface area contributed by atoms with Gasteiger partial charge in [0.1, 0.15) is 0 Å². The Labute approximate surface area is 56.4 Å². The fourth-order valence-electron chi connectivity index (χ4n) is 0.561. The van der Waals surface area contributed by atoms with Crippen LogP contribution < -0.4 is 5.73 Å². The summed E-state index contributed by atoms with van der Waals surface area (Å²) in [4.78, 5) is 0. The minimum absolute atomic E-state index is 0.134. The lowest BCUT2D eigenvalue weighted by atomic mass is 9.88. The molecule has 0 heterocycles. The molecule has 0 spiro atoms. The van der Waals surface area contributed by atoms with Gasteiger partial charge in [0, 0.05) is 18.6 Å². The van der Waals surface area contributed by atoms with Gasteiger partial charge in [-0.1, -0.05) is 13.0 Å². The van der Waals surface area contributed by atoms with Crippen LogP contribution in [0.15, 0.2) is 12.7 Å². The zero-order valence-corrected chi connectivity index (χ0v) is 5.93. The number of hydrogen-bond acceptors (Lipinski definition) is 2. The maximum Gasteiger partial charge on any atom is 0.0499 e. The maximum atomic E-state index is 8.79. The smallest absolute Gasteiger partial charge is 0.0499 e. The summed E-state index contributed by atoms with van der Waals surface area (Å²) >= 11 is 0. The van der Waals surface area contributed by atoms with Gasteiger partial charge in [0.15, 0.2) is 0 Å². The zero-order valence-electron chi connectivity index (χ0n) is 5.93. The molecule has 0 bridgehead atoms. The molecule has 0 rings (SSSR count). The van der Waals surface area contributed by atoms with E-state index in [0.29, 0.717) is 6.54 Å². The first-order chi connectivity index (χ1) is 4.18. The lowest BCUT2D eigenvalue weighted by molar-refractivity contribution is 0.152. The van der Waals surface area contributed by atoms with Crippen molar-refractivity contribution in [3.63, 3.8) is 0 Å². The van der Waals surface area contributed by atoms with Gasteiger partial charge in [-0.25, -0.2) is 0 Å². The lowest BCUT2D eigenvalue weighted by Crippen LogP contribution is -2.30. The van der Waals surface area contributed by atoms with E-state index < -0.39 is 0 Å². The van der Waals surface area contributed by atoms with Gasteiger partial charge in [-0.3, -0.25) is 0 Å². The topological polar surface area (TPSA) is 46.2 Å². The summed E-state index contributed by atoms with van der Waals surface area (Å²) < 4.78 is 0. The molecule has 54 valence electrons. The standard InChI is InChI=1S/C7H15NO/c1-3-4-7(2,5-8)6-9/h3,9H,1,4-6,8H2,2H3. The number of aliphatic hydroxyl groups is 1. The van der Waals surface area contributed by atoms with Crippen LogP contribution in [0.5, 0.6) is 0 Å². The number of rotatable bonds is 4. The van der Waals surface area contributed by atoms with Gasteiger partial charge in [-0.05, 0) is 6.42 Å². The molecule has 9 heavy (non-hydrogen) atoms. The summed E-state index contributed by atoms with van der Waals surface area (Å²) in [6, 6.07) is 0. The van der Waals surface area contributed by atoms with Crippen LogP contribution in [-0.2, 0) is 0 Å². The molecule has 0 aromatic heterocycles. The summed E-state index contributed by atoms with van der Waals surface area (Å²) in [5.74, 6) is 0. The lowest BCUT2D eigenvalue weighted by Gasteiger charge is -2.22. The Kier molecular flexibility index (Phi) is 3.50. The molecule has 0 saturated heterocycles. The fourth-order valence-corrected chi connectivity index (χ4v) is 0.561. The normalized spacial score (nSPS) is 16.8. The van der Waals surface area contributed by atoms with Crippen LogP contribution in [-0.4, -0.2) is 18.3 Å². The minimum Gasteiger partial charge on any atom is -0.396 e. The highest BCUT2D eigenvalue weighted by molar-refractivity contribution is 4.82. The molecule has 0 amide bonds. The highest BCUT2D eigenvalue weighted by Crippen LogP contribution is 2.17. The molecule has 0 fully saturated rings. The van der Waals surface area contributed by atoms with E-state index in [-0.39, 0.29) is 12.0 Å². The third-order valence-electron chi connectivity index (χ3n) is 1.51. The van der Waals surface area contributed by atoms with Gasteiger partial charge in [-0.15, -0.1) is 6.58 Å². The molecule has 1 atom stereocenters. The Morgan fingerprint density at radius 1 is 1.78 bits per heavy atom. The molecule has 0 radical (unpaired) electrons. The van der Waals surface area contributed by atoms with Crippen molar-refractivity contribution in [1.82, 2.24) is 0 Å². The average molecular weight is 129 g/mol. The van der Waals surface area contributed by atoms with E-state index in [1.807, 2.05) is 6.92 Å². The van der Waals surface area contributed by atoms with E-state index in [1.165, 1.54) is 0 Å². The van der Waals surface area contributed by atoms with Crippen molar-refractivity contribution >= 4 is 0 Å². The third-order valence-corrected chi connectivity index (χ3v) is 1.51. The van der Waals surface area contributed by atoms with Crippen molar-refractivity contribution in [2.45, 2.75) is 13.3 Å². The van der Waals surface area contributed by atoms with Crippen molar-refractivity contribution < 1.29 is 5.11 Å². The first kappa shape index (κ1) is 8.66. The highest BCUT2D eigenvalue weighted by Gasteiger charge is 2.18. The van der Waals surface area contributed by atoms with E-state index in [2.05, 4.69) is 6.58 Å². The fraction of sp³-hybridized carbons (Fsp3) is 0.714. The monoisotopic (exact) mass is 129 g/mol. The summed E-state index contributed by atoms with van der Waals surface area (Å²) in [6.07, 6.45) is 2.56. The summed E-state index contributed by atoms with van der Waals surface area (Å²) in [7, 11) is 0. The Balaban J connectivity index is 3.75. The van der Waals surface area contributed by atoms with Crippen molar-refractivity contribution in [3.8, 4) is 0 Å². The Bertz CT molecular complexity index is 86.9. The second-order valence-corrected chi connectivity index (χ2v) is 2.67. The van der Waals surface area contributed by atoms with Crippen LogP contribution >= 0.6 is 0 Å². The Morgan fingerprint density at radius 3 is 2.44 bits per heavy atom. The molecule has 0 saturated carbocycles. The molecule has 0 aliphatic carbocycles. The minimum atomic E-state index is -0.151. The van der Waals surface area contributed by atoms with Crippen LogP contribution in [0.25, 0.3) is 0 Å². The number of nitrogens with two attached hydrogens (primary N) is 1. The second kappa shape index (κ2) is 3.64. The molecule has 0 aliphatic rings. The van der Waals surface area contributed by atoms with Crippen molar-refractivity contribution in [2.24, 2.45) is 11.1 Å². The van der Waals surface area contributed by atoms with Crippen LogP contribution in [0.2, 0.25) is 0 Å². The van der Waals surface area contributed by atoms with E-state index in [0.717, 1.165) is 6.42 Å². The van der Waals surface area contributed by atoms with E-state index >= 15 is 0 Å². The molecule has 2 heteroatoms. The maximum absolute atomic E-state index is 8.79. The van der Waals surface area contributed by atoms with Crippen LogP contribution in [0.3, 0.4) is 0 Å². The molecule has 1 unspecified atom stereocenters. The molecule has 0 aliphatic heterocycles. The van der Waals surface area contributed by atoms with Gasteiger partial charge in [0.05, 0.1) is 0 Å². The van der Waals surface area contributed by atoms with Gasteiger partial charge >= 0.3 is 0 Å². The largest absolute Gasteiger partial charge is 0.396 e. The van der Waals surface area contributed by atoms with Gasteiger partial charge in [0.25, 0.3) is 0 Å². The van der Waals surface area contributed by atoms with Crippen LogP contribution in [0, 0.1) is 5.41 Å². The Morgan fingerprint density at radius 2 is 2.33 bits per heavy atom. The first-order valence-corrected chi connectivity index (χ1v) is 3.10. The van der Waals surface area contributed by atoms with Gasteiger partial charge < -0.3 is 10.8 Å². The zero-order chi connectivity index (χ0) is 7.33. The van der Waals surface area contributed by atoms with E-state index in [1.54, 1.807) is 6.08 Å². The Hall–Kier alpha value is -0.340. The summed E-state index contributed by atoms with van der Waals surface area (Å²) in [5, 5.41) is 8.79. The highest BCUT2D eigenvalue weighted by atomic mass is 16.3. The molecular formula is C7H15NO. The first-order valence-electron chi connectivity index (χ1n) is 3.10. The number of hydrogen-bond donors (Lipinski definition) is 2. The van der Waals surface area contributed by atoms with Crippen LogP contribution in [0.1, 0.15) is 13.3 Å². The summed E-state index contributed by atoms with van der Waals surface area (Å²) in [6.45, 7) is 6.16. The SMILES string of the molecule is C=CCC(C)(CN)CO. The predicted molar refractivity (Wildman–Crippen MR) is 39.1 cm³/mol. The molecule has 2 nitrogen and oxygen atoms in total. The van der Waals surface area contributed by atoms with E-state index in [9.17, 15) is 0 Å². The average Bonchev–Trinajstić information content (AvgIpc) is 1.89. The van der Waals surface area contributed by atoms with Crippen molar-refractivity contribution in [2.75, 3.05) is 13.2 Å². The number of allylic oxidation sites excluding steroid dienone is 1. The molecule has 0 aromatic carbocycles.